The van der Waals surface area contributed by atoms with E-state index in [1.165, 1.54) is 33.4 Å². The number of allylic oxidation sites excluding steroid dienone is 8. The van der Waals surface area contributed by atoms with Crippen LogP contribution in [0.3, 0.4) is 0 Å². The van der Waals surface area contributed by atoms with E-state index in [2.05, 4.69) is 98.8 Å². The zero-order chi connectivity index (χ0) is 18.2. The van der Waals surface area contributed by atoms with Crippen molar-refractivity contribution in [2.45, 2.75) is 39.5 Å². The van der Waals surface area contributed by atoms with Gasteiger partial charge in [0.2, 0.25) is 0 Å². The van der Waals surface area contributed by atoms with E-state index in [4.69, 9.17) is 0 Å². The Labute approximate surface area is 207 Å². The molecule has 0 fully saturated rings. The molecule has 0 saturated heterocycles. The van der Waals surface area contributed by atoms with Crippen molar-refractivity contribution in [3.63, 3.8) is 0 Å². The molecule has 3 heteroatoms. The van der Waals surface area contributed by atoms with Gasteiger partial charge in [-0.1, -0.05) is 48.5 Å². The van der Waals surface area contributed by atoms with Crippen LogP contribution in [-0.4, -0.2) is 0 Å². The molecule has 0 radical (unpaired) electrons. The van der Waals surface area contributed by atoms with E-state index in [1.54, 1.807) is 0 Å². The van der Waals surface area contributed by atoms with Crippen molar-refractivity contribution in [2.24, 2.45) is 0 Å². The zero-order valence-electron chi connectivity index (χ0n) is 17.0. The summed E-state index contributed by atoms with van der Waals surface area (Å²) in [4.78, 5) is 0. The van der Waals surface area contributed by atoms with E-state index in [0.29, 0.717) is 0 Å². The first-order valence-electron chi connectivity index (χ1n) is 9.34. The maximum absolute atomic E-state index is 3.34. The van der Waals surface area contributed by atoms with Crippen molar-refractivity contribution in [2.75, 3.05) is 0 Å². The van der Waals surface area contributed by atoms with Crippen LogP contribution in [0.25, 0.3) is 0 Å². The first-order valence-corrected chi connectivity index (χ1v) is 9.34. The van der Waals surface area contributed by atoms with Crippen LogP contribution < -0.4 is 24.8 Å². The Hall–Kier alpha value is -1.14. The van der Waals surface area contributed by atoms with E-state index < -0.39 is 0 Å². The van der Waals surface area contributed by atoms with Crippen molar-refractivity contribution in [3.05, 3.63) is 118 Å². The molecule has 0 saturated carbocycles. The Balaban J connectivity index is 0.000000490. The fourth-order valence-electron chi connectivity index (χ4n) is 3.17. The molecule has 2 aromatic rings. The van der Waals surface area contributed by atoms with E-state index in [-0.39, 0.29) is 51.0 Å². The number of rotatable bonds is 4. The van der Waals surface area contributed by atoms with Crippen molar-refractivity contribution >= 4 is 0 Å². The van der Waals surface area contributed by atoms with Gasteiger partial charge in [0.25, 0.3) is 0 Å². The molecular formula is C26H26Cl2Zr. The first-order chi connectivity index (χ1) is 12.7. The molecule has 4 rings (SSSR count). The second kappa shape index (κ2) is 14.8. The third-order valence-corrected chi connectivity index (χ3v) is 4.82. The van der Waals surface area contributed by atoms with Crippen molar-refractivity contribution < 1.29 is 51.0 Å². The molecular weight excluding hydrogens is 474 g/mol. The minimum absolute atomic E-state index is 0. The molecule has 0 N–H and O–H groups in total. The standard InChI is InChI=1S/2C13H13.2ClH.Zr/c2*1-11-6-2-5-9-13(11)10-12-7-3-4-8-12;;;/h2*2-3,5-7,9H,4,10H2,1H3;2*1H;/q2*-1;;;+4/p-2. The molecule has 29 heavy (non-hydrogen) atoms. The quantitative estimate of drug-likeness (QED) is 0.536. The molecule has 0 amide bonds. The minimum Gasteiger partial charge on any atom is -1.00 e. The van der Waals surface area contributed by atoms with Gasteiger partial charge in [-0.05, 0) is 48.9 Å². The van der Waals surface area contributed by atoms with Gasteiger partial charge in [-0.3, -0.25) is 12.2 Å². The summed E-state index contributed by atoms with van der Waals surface area (Å²) in [5.74, 6) is 0. The Morgan fingerprint density at radius 1 is 0.655 bits per heavy atom. The van der Waals surface area contributed by atoms with Crippen molar-refractivity contribution in [3.8, 4) is 0 Å². The van der Waals surface area contributed by atoms with Crippen LogP contribution in [0.4, 0.5) is 0 Å². The summed E-state index contributed by atoms with van der Waals surface area (Å²) in [6, 6.07) is 17.1. The molecule has 0 unspecified atom stereocenters. The summed E-state index contributed by atoms with van der Waals surface area (Å²) in [6.07, 6.45) is 19.4. The molecule has 2 aromatic carbocycles. The SMILES string of the molecule is Cc1ccccc1CC1=[C-]CC=C1.Cc1ccccc1CC1=[C-]CC=C1.[Cl-].[Cl-].[Zr+4]. The van der Waals surface area contributed by atoms with Gasteiger partial charge in [0, 0.05) is 0 Å². The number of aryl methyl sites for hydroxylation is 2. The summed E-state index contributed by atoms with van der Waals surface area (Å²) in [5.41, 5.74) is 8.23. The average molecular weight is 501 g/mol. The first kappa shape index (κ1) is 27.9. The Bertz CT molecular complexity index is 802. The van der Waals surface area contributed by atoms with Gasteiger partial charge in [0.15, 0.2) is 0 Å². The van der Waals surface area contributed by atoms with E-state index in [9.17, 15) is 0 Å². The monoisotopic (exact) mass is 498 g/mol. The van der Waals surface area contributed by atoms with E-state index in [0.717, 1.165) is 25.7 Å². The van der Waals surface area contributed by atoms with Crippen LogP contribution in [-0.2, 0) is 39.0 Å². The molecule has 0 heterocycles. The summed E-state index contributed by atoms with van der Waals surface area (Å²) in [7, 11) is 0. The topological polar surface area (TPSA) is 0 Å². The van der Waals surface area contributed by atoms with Gasteiger partial charge in [0.05, 0.1) is 0 Å². The Kier molecular flexibility index (Phi) is 14.2. The number of hydrogen-bond donors (Lipinski definition) is 0. The maximum Gasteiger partial charge on any atom is 4.00 e. The molecule has 0 atom stereocenters. The molecule has 2 aliphatic carbocycles. The number of halogens is 2. The van der Waals surface area contributed by atoms with Crippen molar-refractivity contribution in [1.29, 1.82) is 0 Å². The fourth-order valence-corrected chi connectivity index (χ4v) is 3.17. The van der Waals surface area contributed by atoms with Gasteiger partial charge in [-0.25, -0.2) is 23.3 Å². The molecule has 2 aliphatic rings. The van der Waals surface area contributed by atoms with Gasteiger partial charge in [0.1, 0.15) is 0 Å². The Morgan fingerprint density at radius 2 is 1.03 bits per heavy atom. The fraction of sp³-hybridized carbons (Fsp3) is 0.231. The molecule has 0 spiro atoms. The summed E-state index contributed by atoms with van der Waals surface area (Å²) in [6.45, 7) is 4.32. The maximum atomic E-state index is 3.34. The number of hydrogen-bond acceptors (Lipinski definition) is 0. The van der Waals surface area contributed by atoms with E-state index >= 15 is 0 Å². The smallest absolute Gasteiger partial charge is 1.00 e. The predicted octanol–water partition coefficient (Wildman–Crippen LogP) is 0.460. The molecule has 0 aromatic heterocycles. The predicted molar refractivity (Wildman–Crippen MR) is 111 cm³/mol. The van der Waals surface area contributed by atoms with Crippen LogP contribution in [0.2, 0.25) is 0 Å². The largest absolute Gasteiger partial charge is 4.00 e. The summed E-state index contributed by atoms with van der Waals surface area (Å²) >= 11 is 0. The molecule has 0 aliphatic heterocycles. The van der Waals surface area contributed by atoms with Gasteiger partial charge < -0.3 is 24.8 Å². The zero-order valence-corrected chi connectivity index (χ0v) is 21.0. The van der Waals surface area contributed by atoms with Gasteiger partial charge >= 0.3 is 26.2 Å². The normalized spacial score (nSPS) is 13.2. The molecule has 148 valence electrons. The Morgan fingerprint density at radius 3 is 1.34 bits per heavy atom. The minimum atomic E-state index is 0. The number of benzene rings is 2. The van der Waals surface area contributed by atoms with Gasteiger partial charge in [-0.15, -0.1) is 12.8 Å². The molecule has 0 bridgehead atoms. The van der Waals surface area contributed by atoms with Crippen LogP contribution in [0.15, 0.2) is 84.0 Å². The van der Waals surface area contributed by atoms with Crippen molar-refractivity contribution in [1.82, 2.24) is 0 Å². The van der Waals surface area contributed by atoms with Crippen LogP contribution >= 0.6 is 0 Å². The summed E-state index contributed by atoms with van der Waals surface area (Å²) < 4.78 is 0. The van der Waals surface area contributed by atoms with Crippen LogP contribution in [0.1, 0.15) is 35.1 Å². The van der Waals surface area contributed by atoms with Gasteiger partial charge in [-0.2, -0.15) is 12.2 Å². The molecule has 0 nitrogen and oxygen atoms in total. The third kappa shape index (κ3) is 9.04. The second-order valence-corrected chi connectivity index (χ2v) is 6.82. The summed E-state index contributed by atoms with van der Waals surface area (Å²) in [5, 5.41) is 0. The van der Waals surface area contributed by atoms with Crippen LogP contribution in [0.5, 0.6) is 0 Å². The third-order valence-electron chi connectivity index (χ3n) is 4.82. The second-order valence-electron chi connectivity index (χ2n) is 6.82. The average Bonchev–Trinajstić information content (AvgIpc) is 3.34. The van der Waals surface area contributed by atoms with Crippen LogP contribution in [0, 0.1) is 26.0 Å². The van der Waals surface area contributed by atoms with E-state index in [1.807, 2.05) is 0 Å².